The van der Waals surface area contributed by atoms with Crippen LogP contribution in [0.4, 0.5) is 0 Å². The Morgan fingerprint density at radius 2 is 2.00 bits per heavy atom. The maximum absolute atomic E-state index is 5.00. The molecule has 1 aromatic rings. The summed E-state index contributed by atoms with van der Waals surface area (Å²) in [6.45, 7) is 1.08. The van der Waals surface area contributed by atoms with Crippen LogP contribution in [0, 0.1) is 5.92 Å². The number of rotatable bonds is 4. The molecule has 0 radical (unpaired) electrons. The first-order valence-corrected chi connectivity index (χ1v) is 6.35. The van der Waals surface area contributed by atoms with Crippen LogP contribution in [0.25, 0.3) is 0 Å². The molecule has 1 aromatic heterocycles. The quantitative estimate of drug-likeness (QED) is 0.867. The summed E-state index contributed by atoms with van der Waals surface area (Å²) in [6.07, 6.45) is 9.06. The molecule has 1 heterocycles. The Balaban J connectivity index is 2.11. The zero-order valence-electron chi connectivity index (χ0n) is 10.6. The van der Waals surface area contributed by atoms with E-state index >= 15 is 0 Å². The molecule has 0 aromatic carbocycles. The number of hydrogen-bond donors (Lipinski definition) is 1. The van der Waals surface area contributed by atoms with Gasteiger partial charge in [0, 0.05) is 12.4 Å². The van der Waals surface area contributed by atoms with Crippen LogP contribution in [-0.4, -0.2) is 30.7 Å². The predicted molar refractivity (Wildman–Crippen MR) is 67.2 cm³/mol. The Bertz CT molecular complexity index is 337. The lowest BCUT2D eigenvalue weighted by Gasteiger charge is -2.31. The average Bonchev–Trinajstić information content (AvgIpc) is 2.40. The molecule has 4 nitrogen and oxygen atoms in total. The summed E-state index contributed by atoms with van der Waals surface area (Å²) in [5.74, 6) is 1.31. The first-order valence-electron chi connectivity index (χ1n) is 6.35. The molecule has 1 aliphatic carbocycles. The van der Waals surface area contributed by atoms with Gasteiger partial charge < -0.3 is 10.1 Å². The van der Waals surface area contributed by atoms with Crippen LogP contribution in [-0.2, 0) is 0 Å². The highest BCUT2D eigenvalue weighted by molar-refractivity contribution is 5.15. The Morgan fingerprint density at radius 1 is 1.29 bits per heavy atom. The first kappa shape index (κ1) is 12.3. The smallest absolute Gasteiger partial charge is 0.316 e. The molecule has 1 saturated carbocycles. The van der Waals surface area contributed by atoms with Crippen LogP contribution >= 0.6 is 0 Å². The second kappa shape index (κ2) is 5.96. The summed E-state index contributed by atoms with van der Waals surface area (Å²) < 4.78 is 5.00. The normalized spacial score (nSPS) is 24.6. The van der Waals surface area contributed by atoms with Gasteiger partial charge >= 0.3 is 6.01 Å². The molecule has 1 aliphatic rings. The van der Waals surface area contributed by atoms with Crippen molar-refractivity contribution >= 4 is 0 Å². The number of nitrogens with zero attached hydrogens (tertiary/aromatic N) is 2. The molecular weight excluding hydrogens is 214 g/mol. The maximum atomic E-state index is 5.00. The first-order chi connectivity index (χ1) is 8.35. The van der Waals surface area contributed by atoms with E-state index in [1.807, 2.05) is 19.4 Å². The van der Waals surface area contributed by atoms with Crippen LogP contribution in [0.3, 0.4) is 0 Å². The monoisotopic (exact) mass is 235 g/mol. The van der Waals surface area contributed by atoms with Gasteiger partial charge in [0.25, 0.3) is 0 Å². The molecule has 2 rings (SSSR count). The van der Waals surface area contributed by atoms with Crippen molar-refractivity contribution in [2.45, 2.75) is 31.6 Å². The topological polar surface area (TPSA) is 47.0 Å². The van der Waals surface area contributed by atoms with Crippen LogP contribution in [0.5, 0.6) is 6.01 Å². The zero-order chi connectivity index (χ0) is 12.1. The number of ether oxygens (including phenoxy) is 1. The summed E-state index contributed by atoms with van der Waals surface area (Å²) in [6, 6.07) is 0.453. The van der Waals surface area contributed by atoms with Crippen molar-refractivity contribution in [2.24, 2.45) is 5.92 Å². The third kappa shape index (κ3) is 2.94. The van der Waals surface area contributed by atoms with E-state index in [4.69, 9.17) is 4.74 Å². The van der Waals surface area contributed by atoms with Gasteiger partial charge in [-0.2, -0.15) is 0 Å². The summed E-state index contributed by atoms with van der Waals surface area (Å²) in [7, 11) is 3.62. The molecule has 1 N–H and O–H groups in total. The van der Waals surface area contributed by atoms with Crippen molar-refractivity contribution in [1.29, 1.82) is 0 Å². The molecule has 2 unspecified atom stereocenters. The second-order valence-corrected chi connectivity index (χ2v) is 4.71. The third-order valence-electron chi connectivity index (χ3n) is 3.63. The van der Waals surface area contributed by atoms with Gasteiger partial charge in [-0.25, -0.2) is 9.97 Å². The number of hydrogen-bond acceptors (Lipinski definition) is 4. The van der Waals surface area contributed by atoms with Gasteiger partial charge in [-0.05, 0) is 43.8 Å². The highest BCUT2D eigenvalue weighted by Gasteiger charge is 2.26. The average molecular weight is 235 g/mol. The van der Waals surface area contributed by atoms with Crippen molar-refractivity contribution in [1.82, 2.24) is 15.3 Å². The van der Waals surface area contributed by atoms with Gasteiger partial charge in [0.15, 0.2) is 0 Å². The minimum absolute atomic E-state index is 0.453. The van der Waals surface area contributed by atoms with Crippen molar-refractivity contribution < 1.29 is 4.74 Å². The summed E-state index contributed by atoms with van der Waals surface area (Å²) in [5.41, 5.74) is 1.26. The Kier molecular flexibility index (Phi) is 4.31. The highest BCUT2D eigenvalue weighted by atomic mass is 16.5. The summed E-state index contributed by atoms with van der Waals surface area (Å²) in [4.78, 5) is 8.43. The lowest BCUT2D eigenvalue weighted by atomic mass is 9.76. The van der Waals surface area contributed by atoms with Gasteiger partial charge in [0.2, 0.25) is 0 Å². The van der Waals surface area contributed by atoms with Crippen LogP contribution in [0.15, 0.2) is 12.4 Å². The van der Waals surface area contributed by atoms with E-state index in [0.29, 0.717) is 17.8 Å². The second-order valence-electron chi connectivity index (χ2n) is 4.71. The molecule has 0 aliphatic heterocycles. The van der Waals surface area contributed by atoms with Crippen molar-refractivity contribution in [3.63, 3.8) is 0 Å². The van der Waals surface area contributed by atoms with E-state index in [-0.39, 0.29) is 0 Å². The van der Waals surface area contributed by atoms with Crippen molar-refractivity contribution in [3.8, 4) is 6.01 Å². The molecule has 0 amide bonds. The SMILES string of the molecule is CNCC1CCCCC1c1cnc(OC)nc1. The van der Waals surface area contributed by atoms with Gasteiger partial charge in [-0.1, -0.05) is 12.8 Å². The predicted octanol–water partition coefficient (Wildman–Crippen LogP) is 1.98. The van der Waals surface area contributed by atoms with E-state index in [9.17, 15) is 0 Å². The molecule has 1 fully saturated rings. The zero-order valence-corrected chi connectivity index (χ0v) is 10.6. The highest BCUT2D eigenvalue weighted by Crippen LogP contribution is 2.37. The van der Waals surface area contributed by atoms with E-state index in [1.54, 1.807) is 7.11 Å². The molecule has 17 heavy (non-hydrogen) atoms. The minimum Gasteiger partial charge on any atom is -0.467 e. The van der Waals surface area contributed by atoms with Crippen molar-refractivity contribution in [2.75, 3.05) is 20.7 Å². The van der Waals surface area contributed by atoms with E-state index in [1.165, 1.54) is 31.2 Å². The van der Waals surface area contributed by atoms with Gasteiger partial charge in [-0.3, -0.25) is 0 Å². The largest absolute Gasteiger partial charge is 0.467 e. The lowest BCUT2D eigenvalue weighted by molar-refractivity contribution is 0.299. The number of methoxy groups -OCH3 is 1. The molecular formula is C13H21N3O. The maximum Gasteiger partial charge on any atom is 0.316 e. The summed E-state index contributed by atoms with van der Waals surface area (Å²) >= 11 is 0. The van der Waals surface area contributed by atoms with E-state index < -0.39 is 0 Å². The summed E-state index contributed by atoms with van der Waals surface area (Å²) in [5, 5.41) is 3.29. The number of nitrogens with one attached hydrogen (secondary N) is 1. The molecule has 4 heteroatoms. The Labute approximate surface area is 103 Å². The number of aromatic nitrogens is 2. The van der Waals surface area contributed by atoms with Gasteiger partial charge in [0.05, 0.1) is 7.11 Å². The molecule has 2 atom stereocenters. The van der Waals surface area contributed by atoms with Crippen molar-refractivity contribution in [3.05, 3.63) is 18.0 Å². The van der Waals surface area contributed by atoms with Gasteiger partial charge in [0.1, 0.15) is 0 Å². The Hall–Kier alpha value is -1.16. The van der Waals surface area contributed by atoms with E-state index in [2.05, 4.69) is 15.3 Å². The minimum atomic E-state index is 0.453. The molecule has 0 saturated heterocycles. The third-order valence-corrected chi connectivity index (χ3v) is 3.63. The van der Waals surface area contributed by atoms with E-state index in [0.717, 1.165) is 6.54 Å². The fourth-order valence-corrected chi connectivity index (χ4v) is 2.78. The van der Waals surface area contributed by atoms with Crippen LogP contribution in [0.2, 0.25) is 0 Å². The fourth-order valence-electron chi connectivity index (χ4n) is 2.78. The molecule has 0 bridgehead atoms. The molecule has 94 valence electrons. The van der Waals surface area contributed by atoms with Gasteiger partial charge in [-0.15, -0.1) is 0 Å². The fraction of sp³-hybridized carbons (Fsp3) is 0.692. The van der Waals surface area contributed by atoms with Crippen LogP contribution in [0.1, 0.15) is 37.2 Å². The Morgan fingerprint density at radius 3 is 2.65 bits per heavy atom. The van der Waals surface area contributed by atoms with Crippen LogP contribution < -0.4 is 10.1 Å². The molecule has 0 spiro atoms. The lowest BCUT2D eigenvalue weighted by Crippen LogP contribution is -2.27. The standard InChI is InChI=1S/C13H21N3O/c1-14-7-10-5-3-4-6-12(10)11-8-15-13(17-2)16-9-11/h8-10,12,14H,3-7H2,1-2H3.